The van der Waals surface area contributed by atoms with E-state index in [0.717, 1.165) is 5.01 Å². The Bertz CT molecular complexity index is 390. The summed E-state index contributed by atoms with van der Waals surface area (Å²) in [6.07, 6.45) is 1.34. The molecule has 18 heavy (non-hydrogen) atoms. The molecule has 0 fully saturated rings. The SMILES string of the molecule is COC(C)(C)CCOC(=O)c1csc(CCN)n1. The summed E-state index contributed by atoms with van der Waals surface area (Å²) in [5.41, 5.74) is 5.50. The van der Waals surface area contributed by atoms with Crippen LogP contribution in [0.15, 0.2) is 5.38 Å². The maximum atomic E-state index is 11.7. The van der Waals surface area contributed by atoms with Crippen molar-refractivity contribution >= 4 is 17.3 Å². The van der Waals surface area contributed by atoms with Crippen molar-refractivity contribution in [3.8, 4) is 0 Å². The van der Waals surface area contributed by atoms with Crippen LogP contribution in [0.5, 0.6) is 0 Å². The number of rotatable bonds is 7. The zero-order chi connectivity index (χ0) is 13.6. The Morgan fingerprint density at radius 3 is 2.89 bits per heavy atom. The minimum atomic E-state index is -0.388. The molecule has 0 bridgehead atoms. The van der Waals surface area contributed by atoms with Crippen molar-refractivity contribution in [2.24, 2.45) is 5.73 Å². The van der Waals surface area contributed by atoms with Crippen LogP contribution in [-0.4, -0.2) is 36.8 Å². The van der Waals surface area contributed by atoms with Gasteiger partial charge in [0.1, 0.15) is 0 Å². The molecule has 1 aromatic rings. The fourth-order valence-corrected chi connectivity index (χ4v) is 1.99. The van der Waals surface area contributed by atoms with Crippen LogP contribution in [0.25, 0.3) is 0 Å². The zero-order valence-electron chi connectivity index (χ0n) is 11.1. The molecule has 6 heteroatoms. The number of thiazole rings is 1. The van der Waals surface area contributed by atoms with E-state index >= 15 is 0 Å². The van der Waals surface area contributed by atoms with E-state index in [1.54, 1.807) is 12.5 Å². The number of methoxy groups -OCH3 is 1. The molecule has 0 amide bonds. The maximum Gasteiger partial charge on any atom is 0.357 e. The number of hydrogen-bond acceptors (Lipinski definition) is 6. The predicted octanol–water partition coefficient (Wildman–Crippen LogP) is 1.62. The van der Waals surface area contributed by atoms with Gasteiger partial charge in [-0.25, -0.2) is 9.78 Å². The summed E-state index contributed by atoms with van der Waals surface area (Å²) in [4.78, 5) is 15.9. The van der Waals surface area contributed by atoms with Crippen molar-refractivity contribution in [3.05, 3.63) is 16.1 Å². The Hall–Kier alpha value is -0.980. The summed E-state index contributed by atoms with van der Waals surface area (Å²) in [7, 11) is 1.64. The Morgan fingerprint density at radius 1 is 1.56 bits per heavy atom. The lowest BCUT2D eigenvalue weighted by Gasteiger charge is -2.22. The molecule has 0 aromatic carbocycles. The Morgan fingerprint density at radius 2 is 2.28 bits per heavy atom. The van der Waals surface area contributed by atoms with Gasteiger partial charge in [0.15, 0.2) is 5.69 Å². The van der Waals surface area contributed by atoms with Gasteiger partial charge < -0.3 is 15.2 Å². The number of carbonyl (C=O) groups excluding carboxylic acids is 1. The molecule has 0 radical (unpaired) electrons. The summed E-state index contributed by atoms with van der Waals surface area (Å²) in [6, 6.07) is 0. The normalized spacial score (nSPS) is 11.6. The molecule has 0 unspecified atom stereocenters. The average molecular weight is 272 g/mol. The standard InChI is InChI=1S/C12H20N2O3S/c1-12(2,16-3)5-7-17-11(15)9-8-18-10(14-9)4-6-13/h8H,4-7,13H2,1-3H3. The third-order valence-electron chi connectivity index (χ3n) is 2.61. The lowest BCUT2D eigenvalue weighted by atomic mass is 10.1. The van der Waals surface area contributed by atoms with Crippen LogP contribution in [0.4, 0.5) is 0 Å². The molecular formula is C12H20N2O3S. The van der Waals surface area contributed by atoms with Gasteiger partial charge in [-0.05, 0) is 20.4 Å². The molecule has 0 aliphatic carbocycles. The van der Waals surface area contributed by atoms with E-state index < -0.39 is 0 Å². The van der Waals surface area contributed by atoms with E-state index in [9.17, 15) is 4.79 Å². The molecule has 0 atom stereocenters. The summed E-state index contributed by atoms with van der Waals surface area (Å²) in [6.45, 7) is 4.75. The molecule has 0 spiro atoms. The topological polar surface area (TPSA) is 74.4 Å². The van der Waals surface area contributed by atoms with Crippen molar-refractivity contribution in [1.29, 1.82) is 0 Å². The number of nitrogens with two attached hydrogens (primary N) is 1. The largest absolute Gasteiger partial charge is 0.461 e. The number of hydrogen-bond donors (Lipinski definition) is 1. The summed E-state index contributed by atoms with van der Waals surface area (Å²) >= 11 is 1.43. The highest BCUT2D eigenvalue weighted by Gasteiger charge is 2.18. The molecule has 1 heterocycles. The van der Waals surface area contributed by atoms with Crippen LogP contribution in [0.1, 0.15) is 35.8 Å². The lowest BCUT2D eigenvalue weighted by Crippen LogP contribution is -2.25. The van der Waals surface area contributed by atoms with Gasteiger partial charge in [0, 0.05) is 25.3 Å². The van der Waals surface area contributed by atoms with Gasteiger partial charge in [-0.15, -0.1) is 11.3 Å². The van der Waals surface area contributed by atoms with E-state index in [1.807, 2.05) is 13.8 Å². The van der Waals surface area contributed by atoms with Crippen molar-refractivity contribution in [2.75, 3.05) is 20.3 Å². The second-order valence-electron chi connectivity index (χ2n) is 4.51. The number of nitrogens with zero attached hydrogens (tertiary/aromatic N) is 1. The second-order valence-corrected chi connectivity index (χ2v) is 5.46. The first-order valence-electron chi connectivity index (χ1n) is 5.85. The van der Waals surface area contributed by atoms with E-state index in [4.69, 9.17) is 15.2 Å². The molecule has 1 rings (SSSR count). The zero-order valence-corrected chi connectivity index (χ0v) is 11.9. The number of carbonyl (C=O) groups is 1. The van der Waals surface area contributed by atoms with Crippen molar-refractivity contribution < 1.29 is 14.3 Å². The van der Waals surface area contributed by atoms with E-state index in [0.29, 0.717) is 31.7 Å². The first-order valence-corrected chi connectivity index (χ1v) is 6.73. The first kappa shape index (κ1) is 15.1. The minimum absolute atomic E-state index is 0.285. The average Bonchev–Trinajstić information content (AvgIpc) is 2.78. The quantitative estimate of drug-likeness (QED) is 0.763. The smallest absolute Gasteiger partial charge is 0.357 e. The number of esters is 1. The molecular weight excluding hydrogens is 252 g/mol. The van der Waals surface area contributed by atoms with Gasteiger partial charge in [-0.1, -0.05) is 0 Å². The third kappa shape index (κ3) is 4.72. The van der Waals surface area contributed by atoms with Crippen LogP contribution in [-0.2, 0) is 15.9 Å². The highest BCUT2D eigenvalue weighted by Crippen LogP contribution is 2.14. The molecule has 2 N–H and O–H groups in total. The fourth-order valence-electron chi connectivity index (χ4n) is 1.21. The van der Waals surface area contributed by atoms with E-state index in [1.165, 1.54) is 11.3 Å². The molecule has 0 saturated heterocycles. The van der Waals surface area contributed by atoms with E-state index in [-0.39, 0.29) is 11.6 Å². The van der Waals surface area contributed by atoms with Crippen molar-refractivity contribution in [2.45, 2.75) is 32.3 Å². The summed E-state index contributed by atoms with van der Waals surface area (Å²) < 4.78 is 10.4. The number of aromatic nitrogens is 1. The van der Waals surface area contributed by atoms with Crippen molar-refractivity contribution in [1.82, 2.24) is 4.98 Å². The highest BCUT2D eigenvalue weighted by atomic mass is 32.1. The fraction of sp³-hybridized carbons (Fsp3) is 0.667. The Balaban J connectivity index is 2.40. The molecule has 0 aliphatic rings. The van der Waals surface area contributed by atoms with Crippen LogP contribution in [0.3, 0.4) is 0 Å². The monoisotopic (exact) mass is 272 g/mol. The van der Waals surface area contributed by atoms with Gasteiger partial charge >= 0.3 is 5.97 Å². The Labute approximate surface area is 111 Å². The third-order valence-corrected chi connectivity index (χ3v) is 3.52. The van der Waals surface area contributed by atoms with E-state index in [2.05, 4.69) is 4.98 Å². The molecule has 1 aromatic heterocycles. The predicted molar refractivity (Wildman–Crippen MR) is 70.9 cm³/mol. The van der Waals surface area contributed by atoms with Gasteiger partial charge in [0.25, 0.3) is 0 Å². The highest BCUT2D eigenvalue weighted by molar-refractivity contribution is 7.09. The second kappa shape index (κ2) is 6.82. The molecule has 0 saturated carbocycles. The molecule has 102 valence electrons. The summed E-state index contributed by atoms with van der Waals surface area (Å²) in [5, 5.41) is 2.57. The first-order chi connectivity index (χ1) is 8.48. The molecule has 0 aliphatic heterocycles. The summed E-state index contributed by atoms with van der Waals surface area (Å²) in [5.74, 6) is -0.388. The van der Waals surface area contributed by atoms with Gasteiger partial charge in [-0.3, -0.25) is 0 Å². The lowest BCUT2D eigenvalue weighted by molar-refractivity contribution is -0.00579. The van der Waals surface area contributed by atoms with Crippen LogP contribution >= 0.6 is 11.3 Å². The number of ether oxygens (including phenoxy) is 2. The van der Waals surface area contributed by atoms with Gasteiger partial charge in [0.2, 0.25) is 0 Å². The molecule has 5 nitrogen and oxygen atoms in total. The van der Waals surface area contributed by atoms with Gasteiger partial charge in [0.05, 0.1) is 17.2 Å². The van der Waals surface area contributed by atoms with Crippen LogP contribution < -0.4 is 5.73 Å². The van der Waals surface area contributed by atoms with Crippen molar-refractivity contribution in [3.63, 3.8) is 0 Å². The Kier molecular flexibility index (Phi) is 5.71. The van der Waals surface area contributed by atoms with Crippen LogP contribution in [0, 0.1) is 0 Å². The van der Waals surface area contributed by atoms with Crippen LogP contribution in [0.2, 0.25) is 0 Å². The maximum absolute atomic E-state index is 11.7. The minimum Gasteiger partial charge on any atom is -0.461 e. The van der Waals surface area contributed by atoms with Gasteiger partial charge in [-0.2, -0.15) is 0 Å².